The third-order valence-electron chi connectivity index (χ3n) is 6.94. The van der Waals surface area contributed by atoms with E-state index in [0.29, 0.717) is 11.5 Å². The third-order valence-corrected chi connectivity index (χ3v) is 6.94. The van der Waals surface area contributed by atoms with Crippen LogP contribution in [0.4, 0.5) is 11.4 Å². The van der Waals surface area contributed by atoms with Gasteiger partial charge >= 0.3 is 5.97 Å². The van der Waals surface area contributed by atoms with E-state index in [1.807, 2.05) is 0 Å². The molecule has 1 aromatic heterocycles. The molecule has 2 aromatic carbocycles. The van der Waals surface area contributed by atoms with Crippen LogP contribution in [-0.4, -0.2) is 23.1 Å². The Balaban J connectivity index is 1.29. The summed E-state index contributed by atoms with van der Waals surface area (Å²) in [6.07, 6.45) is 9.83. The largest absolute Gasteiger partial charge is 0.478 e. The molecule has 1 heterocycles. The zero-order valence-electron chi connectivity index (χ0n) is 17.9. The Labute approximate surface area is 183 Å². The van der Waals surface area contributed by atoms with Gasteiger partial charge in [-0.3, -0.25) is 4.98 Å². The topological polar surface area (TPSA) is 53.4 Å². The Kier molecular flexibility index (Phi) is 5.23. The van der Waals surface area contributed by atoms with Gasteiger partial charge in [0.15, 0.2) is 0 Å². The molecular formula is C27H28N2O2. The summed E-state index contributed by atoms with van der Waals surface area (Å²) in [6.45, 7) is 0. The maximum atomic E-state index is 11.5. The molecule has 31 heavy (non-hydrogen) atoms. The lowest BCUT2D eigenvalue weighted by atomic mass is 9.93. The Bertz CT molecular complexity index is 1100. The van der Waals surface area contributed by atoms with E-state index >= 15 is 0 Å². The highest BCUT2D eigenvalue weighted by Gasteiger charge is 2.25. The van der Waals surface area contributed by atoms with Gasteiger partial charge in [-0.05, 0) is 103 Å². The molecule has 0 spiro atoms. The fraction of sp³-hybridized carbons (Fsp3) is 0.333. The van der Waals surface area contributed by atoms with Crippen molar-refractivity contribution in [3.05, 3.63) is 88.7 Å². The lowest BCUT2D eigenvalue weighted by Gasteiger charge is -2.21. The summed E-state index contributed by atoms with van der Waals surface area (Å²) in [5.74, 6) is 0.394. The van der Waals surface area contributed by atoms with Gasteiger partial charge < -0.3 is 10.0 Å². The molecule has 2 aliphatic carbocycles. The Morgan fingerprint density at radius 1 is 1.06 bits per heavy atom. The van der Waals surface area contributed by atoms with Gasteiger partial charge in [-0.1, -0.05) is 18.2 Å². The first-order valence-corrected chi connectivity index (χ1v) is 11.2. The number of carboxylic acids is 1. The molecule has 5 rings (SSSR count). The van der Waals surface area contributed by atoms with Crippen LogP contribution in [0, 0.1) is 0 Å². The van der Waals surface area contributed by atoms with Crippen molar-refractivity contribution in [3.8, 4) is 0 Å². The van der Waals surface area contributed by atoms with E-state index in [4.69, 9.17) is 0 Å². The van der Waals surface area contributed by atoms with E-state index in [2.05, 4.69) is 59.4 Å². The van der Waals surface area contributed by atoms with Crippen molar-refractivity contribution in [2.45, 2.75) is 50.4 Å². The van der Waals surface area contributed by atoms with Crippen LogP contribution in [0.1, 0.15) is 70.1 Å². The van der Waals surface area contributed by atoms with Crippen LogP contribution >= 0.6 is 0 Å². The molecule has 1 N–H and O–H groups in total. The fourth-order valence-corrected chi connectivity index (χ4v) is 4.90. The Morgan fingerprint density at radius 3 is 2.58 bits per heavy atom. The number of hydrogen-bond donors (Lipinski definition) is 1. The summed E-state index contributed by atoms with van der Waals surface area (Å²) >= 11 is 0. The molecule has 0 aliphatic heterocycles. The van der Waals surface area contributed by atoms with Crippen molar-refractivity contribution < 1.29 is 9.90 Å². The molecule has 2 aliphatic rings. The Morgan fingerprint density at radius 2 is 1.84 bits per heavy atom. The molecule has 4 heteroatoms. The number of anilines is 2. The second kappa shape index (κ2) is 8.18. The molecule has 0 amide bonds. The summed E-state index contributed by atoms with van der Waals surface area (Å²) in [5, 5.41) is 9.40. The number of carboxylic acid groups (broad SMARTS) is 1. The van der Waals surface area contributed by atoms with E-state index in [-0.39, 0.29) is 0 Å². The minimum Gasteiger partial charge on any atom is -0.478 e. The molecule has 0 saturated heterocycles. The number of hydrogen-bond acceptors (Lipinski definition) is 3. The Hall–Kier alpha value is -3.14. The molecule has 1 fully saturated rings. The van der Waals surface area contributed by atoms with Crippen LogP contribution in [0.5, 0.6) is 0 Å². The monoisotopic (exact) mass is 412 g/mol. The van der Waals surface area contributed by atoms with E-state index in [1.54, 1.807) is 18.5 Å². The van der Waals surface area contributed by atoms with Gasteiger partial charge in [0.2, 0.25) is 0 Å². The number of carbonyl (C=O) groups is 1. The number of aryl methyl sites for hydroxylation is 2. The molecule has 0 bridgehead atoms. The summed E-state index contributed by atoms with van der Waals surface area (Å²) in [6, 6.07) is 17.4. The predicted molar refractivity (Wildman–Crippen MR) is 124 cm³/mol. The maximum absolute atomic E-state index is 11.5. The lowest BCUT2D eigenvalue weighted by molar-refractivity contribution is 0.0695. The number of rotatable bonds is 7. The average Bonchev–Trinajstić information content (AvgIpc) is 3.57. The highest BCUT2D eigenvalue weighted by molar-refractivity contribution is 5.89. The van der Waals surface area contributed by atoms with Crippen molar-refractivity contribution in [2.75, 3.05) is 11.9 Å². The van der Waals surface area contributed by atoms with E-state index in [9.17, 15) is 9.90 Å². The first-order chi connectivity index (χ1) is 15.1. The quantitative estimate of drug-likeness (QED) is 0.510. The summed E-state index contributed by atoms with van der Waals surface area (Å²) in [5.41, 5.74) is 7.95. The van der Waals surface area contributed by atoms with Gasteiger partial charge in [0.25, 0.3) is 0 Å². The second-order valence-corrected chi connectivity index (χ2v) is 8.92. The predicted octanol–water partition coefficient (Wildman–Crippen LogP) is 6.09. The average molecular weight is 413 g/mol. The number of benzene rings is 2. The van der Waals surface area contributed by atoms with Gasteiger partial charge in [0.05, 0.1) is 5.56 Å². The fourth-order valence-electron chi connectivity index (χ4n) is 4.90. The highest BCUT2D eigenvalue weighted by atomic mass is 16.4. The highest BCUT2D eigenvalue weighted by Crippen LogP contribution is 2.41. The molecule has 4 nitrogen and oxygen atoms in total. The maximum Gasteiger partial charge on any atom is 0.336 e. The minimum atomic E-state index is -0.873. The summed E-state index contributed by atoms with van der Waals surface area (Å²) in [4.78, 5) is 17.8. The lowest BCUT2D eigenvalue weighted by Crippen LogP contribution is -2.10. The molecule has 0 radical (unpaired) electrons. The molecule has 3 aromatic rings. The van der Waals surface area contributed by atoms with E-state index in [1.165, 1.54) is 40.9 Å². The number of aromatic nitrogens is 1. The SMILES string of the molecule is CN(c1ccc(C2CC2)cc1)c1ccc2c(c1)CC[C@H]2CCc1cnccc1C(=O)O. The van der Waals surface area contributed by atoms with Crippen molar-refractivity contribution in [3.63, 3.8) is 0 Å². The van der Waals surface area contributed by atoms with Crippen molar-refractivity contribution in [1.82, 2.24) is 4.98 Å². The van der Waals surface area contributed by atoms with Gasteiger partial charge in [0, 0.05) is 30.8 Å². The van der Waals surface area contributed by atoms with E-state index in [0.717, 1.165) is 37.2 Å². The van der Waals surface area contributed by atoms with Crippen LogP contribution in [-0.2, 0) is 12.8 Å². The molecule has 1 saturated carbocycles. The molecule has 158 valence electrons. The number of nitrogens with zero attached hydrogens (tertiary/aromatic N) is 2. The number of aromatic carboxylic acids is 1. The molecule has 1 atom stereocenters. The smallest absolute Gasteiger partial charge is 0.336 e. The number of pyridine rings is 1. The van der Waals surface area contributed by atoms with E-state index < -0.39 is 5.97 Å². The second-order valence-electron chi connectivity index (χ2n) is 8.92. The zero-order chi connectivity index (χ0) is 21.4. The summed E-state index contributed by atoms with van der Waals surface area (Å²) < 4.78 is 0. The van der Waals surface area contributed by atoms with Crippen LogP contribution in [0.2, 0.25) is 0 Å². The van der Waals surface area contributed by atoms with Gasteiger partial charge in [-0.15, -0.1) is 0 Å². The minimum absolute atomic E-state index is 0.373. The van der Waals surface area contributed by atoms with Crippen molar-refractivity contribution in [2.24, 2.45) is 0 Å². The van der Waals surface area contributed by atoms with Gasteiger partial charge in [0.1, 0.15) is 0 Å². The van der Waals surface area contributed by atoms with Crippen LogP contribution < -0.4 is 4.90 Å². The number of fused-ring (bicyclic) bond motifs is 1. The standard InChI is InChI=1S/C27H28N2O2/c1-29(23-10-8-19(9-11-23)18-2-3-18)24-12-13-25-20(4-6-21(25)16-24)5-7-22-17-28-15-14-26(22)27(30)31/h8-18,20H,2-7H2,1H3,(H,30,31)/t20-/m0/s1. The van der Waals surface area contributed by atoms with Crippen LogP contribution in [0.25, 0.3) is 0 Å². The van der Waals surface area contributed by atoms with Crippen molar-refractivity contribution in [1.29, 1.82) is 0 Å². The van der Waals surface area contributed by atoms with Crippen LogP contribution in [0.15, 0.2) is 60.9 Å². The molecule has 0 unspecified atom stereocenters. The first kappa shape index (κ1) is 19.8. The van der Waals surface area contributed by atoms with Gasteiger partial charge in [-0.25, -0.2) is 4.79 Å². The van der Waals surface area contributed by atoms with Crippen LogP contribution in [0.3, 0.4) is 0 Å². The third kappa shape index (κ3) is 4.07. The zero-order valence-corrected chi connectivity index (χ0v) is 17.9. The van der Waals surface area contributed by atoms with Crippen molar-refractivity contribution >= 4 is 17.3 Å². The molecular weight excluding hydrogens is 384 g/mol. The summed E-state index contributed by atoms with van der Waals surface area (Å²) in [7, 11) is 2.14. The first-order valence-electron chi connectivity index (χ1n) is 11.2. The van der Waals surface area contributed by atoms with Gasteiger partial charge in [-0.2, -0.15) is 0 Å². The normalized spacial score (nSPS) is 17.4.